The van der Waals surface area contributed by atoms with E-state index in [0.29, 0.717) is 0 Å². The van der Waals surface area contributed by atoms with E-state index in [2.05, 4.69) is 28.7 Å². The Morgan fingerprint density at radius 2 is 2.33 bits per heavy atom. The largest absolute Gasteiger partial charge is 0.336 e. The first-order valence-electron chi connectivity index (χ1n) is 4.91. The molecule has 1 unspecified atom stereocenters. The molecule has 0 saturated carbocycles. The van der Waals surface area contributed by atoms with Gasteiger partial charge in [-0.3, -0.25) is 0 Å². The second kappa shape index (κ2) is 4.16. The minimum Gasteiger partial charge on any atom is -0.336 e. The first kappa shape index (κ1) is 10.4. The molecule has 0 bridgehead atoms. The summed E-state index contributed by atoms with van der Waals surface area (Å²) >= 11 is 1.78. The molecule has 0 aliphatic heterocycles. The average molecular weight is 221 g/mol. The van der Waals surface area contributed by atoms with Gasteiger partial charge in [-0.15, -0.1) is 11.3 Å². The van der Waals surface area contributed by atoms with Crippen molar-refractivity contribution < 1.29 is 0 Å². The van der Waals surface area contributed by atoms with Gasteiger partial charge in [-0.25, -0.2) is 4.98 Å². The van der Waals surface area contributed by atoms with Crippen molar-refractivity contribution in [3.8, 4) is 0 Å². The maximum Gasteiger partial charge on any atom is 0.0946 e. The maximum absolute atomic E-state index is 4.15. The second-order valence-electron chi connectivity index (χ2n) is 3.64. The minimum atomic E-state index is 0.238. The van der Waals surface area contributed by atoms with Crippen LogP contribution in [0.15, 0.2) is 24.0 Å². The molecule has 0 aliphatic rings. The van der Waals surface area contributed by atoms with Gasteiger partial charge in [0.15, 0.2) is 0 Å². The lowest BCUT2D eigenvalue weighted by Crippen LogP contribution is -2.19. The van der Waals surface area contributed by atoms with Crippen molar-refractivity contribution in [3.05, 3.63) is 40.1 Å². The molecule has 0 aromatic carbocycles. The summed E-state index contributed by atoms with van der Waals surface area (Å²) in [7, 11) is 4.00. The average Bonchev–Trinajstić information content (AvgIpc) is 2.79. The highest BCUT2D eigenvalue weighted by atomic mass is 32.1. The molecule has 3 nitrogen and oxygen atoms in total. The van der Waals surface area contributed by atoms with Crippen LogP contribution in [0.4, 0.5) is 0 Å². The predicted molar refractivity (Wildman–Crippen MR) is 63.2 cm³/mol. The molecule has 1 atom stereocenters. The monoisotopic (exact) mass is 221 g/mol. The highest BCUT2D eigenvalue weighted by Gasteiger charge is 2.15. The zero-order valence-corrected chi connectivity index (χ0v) is 10.0. The van der Waals surface area contributed by atoms with Crippen LogP contribution in [0.3, 0.4) is 0 Å². The Hall–Kier alpha value is -1.13. The normalized spacial score (nSPS) is 13.0. The number of imidazole rings is 1. The van der Waals surface area contributed by atoms with Crippen molar-refractivity contribution in [2.75, 3.05) is 7.05 Å². The van der Waals surface area contributed by atoms with Crippen molar-refractivity contribution >= 4 is 11.3 Å². The topological polar surface area (TPSA) is 29.9 Å². The van der Waals surface area contributed by atoms with Crippen LogP contribution in [0.5, 0.6) is 0 Å². The first-order valence-corrected chi connectivity index (χ1v) is 5.79. The van der Waals surface area contributed by atoms with E-state index >= 15 is 0 Å². The predicted octanol–water partition coefficient (Wildman–Crippen LogP) is 2.10. The minimum absolute atomic E-state index is 0.238. The van der Waals surface area contributed by atoms with Gasteiger partial charge in [-0.2, -0.15) is 0 Å². The molecule has 0 aliphatic carbocycles. The molecule has 80 valence electrons. The van der Waals surface area contributed by atoms with E-state index in [-0.39, 0.29) is 6.04 Å². The van der Waals surface area contributed by atoms with Crippen LogP contribution < -0.4 is 5.32 Å². The molecule has 2 heterocycles. The van der Waals surface area contributed by atoms with Gasteiger partial charge in [0.1, 0.15) is 0 Å². The lowest BCUT2D eigenvalue weighted by molar-refractivity contribution is 0.640. The Balaban J connectivity index is 2.36. The molecule has 0 spiro atoms. The molecule has 0 fully saturated rings. The van der Waals surface area contributed by atoms with E-state index in [1.54, 1.807) is 11.3 Å². The molecule has 4 heteroatoms. The molecular formula is C11H15N3S. The number of nitrogens with one attached hydrogen (secondary N) is 1. The Labute approximate surface area is 93.8 Å². The van der Waals surface area contributed by atoms with Gasteiger partial charge in [0.2, 0.25) is 0 Å². The van der Waals surface area contributed by atoms with Gasteiger partial charge in [-0.1, -0.05) is 0 Å². The van der Waals surface area contributed by atoms with Crippen molar-refractivity contribution in [2.45, 2.75) is 13.0 Å². The fourth-order valence-corrected chi connectivity index (χ4v) is 2.48. The smallest absolute Gasteiger partial charge is 0.0946 e. The van der Waals surface area contributed by atoms with Gasteiger partial charge in [0.05, 0.1) is 24.3 Å². The number of hydrogen-bond acceptors (Lipinski definition) is 3. The lowest BCUT2D eigenvalue weighted by Gasteiger charge is -2.15. The van der Waals surface area contributed by atoms with Crippen LogP contribution in [0.1, 0.15) is 22.2 Å². The summed E-state index contributed by atoms with van der Waals surface area (Å²) in [5.74, 6) is 0. The SMILES string of the molecule is CNC(c1csc(C)c1)c1cncn1C. The Bertz CT molecular complexity index is 444. The van der Waals surface area contributed by atoms with E-state index in [4.69, 9.17) is 0 Å². The van der Waals surface area contributed by atoms with E-state index in [0.717, 1.165) is 0 Å². The van der Waals surface area contributed by atoms with Crippen LogP contribution >= 0.6 is 11.3 Å². The van der Waals surface area contributed by atoms with Crippen LogP contribution in [0, 0.1) is 6.92 Å². The lowest BCUT2D eigenvalue weighted by atomic mass is 10.1. The third-order valence-corrected chi connectivity index (χ3v) is 3.40. The number of hydrogen-bond donors (Lipinski definition) is 1. The summed E-state index contributed by atoms with van der Waals surface area (Å²) in [6.45, 7) is 2.13. The van der Waals surface area contributed by atoms with Crippen LogP contribution in [-0.2, 0) is 7.05 Å². The molecule has 2 rings (SSSR count). The fraction of sp³-hybridized carbons (Fsp3) is 0.364. The highest BCUT2D eigenvalue weighted by Crippen LogP contribution is 2.25. The highest BCUT2D eigenvalue weighted by molar-refractivity contribution is 7.10. The number of rotatable bonds is 3. The molecule has 0 amide bonds. The summed E-state index contributed by atoms with van der Waals surface area (Å²) in [6, 6.07) is 2.46. The van der Waals surface area contributed by atoms with Crippen molar-refractivity contribution in [2.24, 2.45) is 7.05 Å². The molecule has 2 aromatic heterocycles. The number of thiophene rings is 1. The quantitative estimate of drug-likeness (QED) is 0.860. The van der Waals surface area contributed by atoms with E-state index in [1.807, 2.05) is 31.2 Å². The second-order valence-corrected chi connectivity index (χ2v) is 4.76. The van der Waals surface area contributed by atoms with E-state index < -0.39 is 0 Å². The number of aryl methyl sites for hydroxylation is 2. The zero-order chi connectivity index (χ0) is 10.8. The van der Waals surface area contributed by atoms with Crippen molar-refractivity contribution in [3.63, 3.8) is 0 Å². The summed E-state index contributed by atoms with van der Waals surface area (Å²) in [5, 5.41) is 5.52. The van der Waals surface area contributed by atoms with Gasteiger partial charge < -0.3 is 9.88 Å². The first-order chi connectivity index (χ1) is 7.22. The number of aromatic nitrogens is 2. The van der Waals surface area contributed by atoms with E-state index in [9.17, 15) is 0 Å². The maximum atomic E-state index is 4.15. The molecule has 0 radical (unpaired) electrons. The van der Waals surface area contributed by atoms with Crippen molar-refractivity contribution in [1.29, 1.82) is 0 Å². The third-order valence-electron chi connectivity index (χ3n) is 2.52. The summed E-state index contributed by atoms with van der Waals surface area (Å²) in [4.78, 5) is 5.49. The Morgan fingerprint density at radius 3 is 2.80 bits per heavy atom. The standard InChI is InChI=1S/C11H15N3S/c1-8-4-9(6-15-8)11(12-2)10-5-13-7-14(10)3/h4-7,11-12H,1-3H3. The summed E-state index contributed by atoms with van der Waals surface area (Å²) in [5.41, 5.74) is 2.50. The Morgan fingerprint density at radius 1 is 1.53 bits per heavy atom. The van der Waals surface area contributed by atoms with Crippen molar-refractivity contribution in [1.82, 2.24) is 14.9 Å². The third kappa shape index (κ3) is 1.96. The fourth-order valence-electron chi connectivity index (χ4n) is 1.75. The van der Waals surface area contributed by atoms with Gasteiger partial charge in [0.25, 0.3) is 0 Å². The molecule has 1 N–H and O–H groups in total. The zero-order valence-electron chi connectivity index (χ0n) is 9.19. The summed E-state index contributed by atoms with van der Waals surface area (Å²) in [6.07, 6.45) is 3.74. The molecular weight excluding hydrogens is 206 g/mol. The van der Waals surface area contributed by atoms with Crippen LogP contribution in [0.25, 0.3) is 0 Å². The number of nitrogens with zero attached hydrogens (tertiary/aromatic N) is 2. The summed E-state index contributed by atoms with van der Waals surface area (Å²) < 4.78 is 2.05. The molecule has 2 aromatic rings. The molecule has 15 heavy (non-hydrogen) atoms. The molecule has 0 saturated heterocycles. The van der Waals surface area contributed by atoms with Gasteiger partial charge >= 0.3 is 0 Å². The van der Waals surface area contributed by atoms with Crippen LogP contribution in [0.2, 0.25) is 0 Å². The van der Waals surface area contributed by atoms with Gasteiger partial charge in [-0.05, 0) is 31.0 Å². The van der Waals surface area contributed by atoms with E-state index in [1.165, 1.54) is 16.1 Å². The Kier molecular flexibility index (Phi) is 2.88. The van der Waals surface area contributed by atoms with Crippen LogP contribution in [-0.4, -0.2) is 16.6 Å². The van der Waals surface area contributed by atoms with Gasteiger partial charge in [0, 0.05) is 11.9 Å².